The number of benzene rings is 1. The molecule has 0 saturated heterocycles. The lowest BCUT2D eigenvalue weighted by atomic mass is 10.2. The topological polar surface area (TPSA) is 58.2 Å². The van der Waals surface area contributed by atoms with Crippen LogP contribution in [0, 0.1) is 18.8 Å². The Balaban J connectivity index is 1.91. The van der Waals surface area contributed by atoms with Crippen LogP contribution in [0.1, 0.15) is 32.3 Å². The molecule has 1 aromatic carbocycles. The minimum absolute atomic E-state index is 0.0210. The molecule has 1 fully saturated rings. The Labute approximate surface area is 130 Å². The molecule has 21 heavy (non-hydrogen) atoms. The van der Waals surface area contributed by atoms with Gasteiger partial charge < -0.3 is 10.6 Å². The van der Waals surface area contributed by atoms with Crippen LogP contribution in [0.25, 0.3) is 0 Å². The Bertz CT molecular complexity index is 559. The van der Waals surface area contributed by atoms with Crippen LogP contribution in [-0.4, -0.2) is 17.9 Å². The van der Waals surface area contributed by atoms with E-state index in [9.17, 15) is 9.59 Å². The Morgan fingerprint density at radius 1 is 1.33 bits per heavy atom. The number of hydrogen-bond donors (Lipinski definition) is 2. The van der Waals surface area contributed by atoms with Gasteiger partial charge in [0.15, 0.2) is 0 Å². The van der Waals surface area contributed by atoms with Gasteiger partial charge in [0.1, 0.15) is 0 Å². The maximum atomic E-state index is 12.2. The van der Waals surface area contributed by atoms with E-state index in [-0.39, 0.29) is 29.7 Å². The van der Waals surface area contributed by atoms with Crippen molar-refractivity contribution in [1.82, 2.24) is 5.32 Å². The molecule has 2 N–H and O–H groups in total. The number of aryl methyl sites for hydroxylation is 1. The van der Waals surface area contributed by atoms with E-state index in [1.807, 2.05) is 26.8 Å². The standard InChI is InChI=1S/C16H21ClN2O2/c1-4-10(3)18-15(20)12-8-13(12)16(21)19-14-7-11(17)6-5-9(14)2/h5-7,10,12-13H,4,8H2,1-3H3,(H,18,20)(H,19,21). The minimum Gasteiger partial charge on any atom is -0.353 e. The third-order valence-electron chi connectivity index (χ3n) is 3.92. The Hall–Kier alpha value is -1.55. The molecule has 4 nitrogen and oxygen atoms in total. The van der Waals surface area contributed by atoms with Crippen LogP contribution in [0.3, 0.4) is 0 Å². The normalized spacial score (nSPS) is 21.5. The summed E-state index contributed by atoms with van der Waals surface area (Å²) < 4.78 is 0. The lowest BCUT2D eigenvalue weighted by molar-refractivity contribution is -0.125. The first kappa shape index (κ1) is 15.8. The van der Waals surface area contributed by atoms with Gasteiger partial charge in [-0.25, -0.2) is 0 Å². The molecule has 1 aliphatic rings. The molecule has 0 heterocycles. The Morgan fingerprint density at radius 2 is 2.00 bits per heavy atom. The first-order valence-corrected chi connectivity index (χ1v) is 7.67. The molecule has 0 aliphatic heterocycles. The molecule has 0 bridgehead atoms. The minimum atomic E-state index is -0.229. The van der Waals surface area contributed by atoms with Crippen molar-refractivity contribution in [3.63, 3.8) is 0 Å². The van der Waals surface area contributed by atoms with Crippen LogP contribution in [0.15, 0.2) is 18.2 Å². The van der Waals surface area contributed by atoms with Crippen molar-refractivity contribution in [2.75, 3.05) is 5.32 Å². The zero-order valence-electron chi connectivity index (χ0n) is 12.6. The summed E-state index contributed by atoms with van der Waals surface area (Å²) in [6, 6.07) is 5.52. The fourth-order valence-electron chi connectivity index (χ4n) is 2.18. The number of anilines is 1. The van der Waals surface area contributed by atoms with E-state index in [4.69, 9.17) is 11.6 Å². The van der Waals surface area contributed by atoms with E-state index >= 15 is 0 Å². The van der Waals surface area contributed by atoms with E-state index < -0.39 is 0 Å². The van der Waals surface area contributed by atoms with Crippen molar-refractivity contribution in [3.05, 3.63) is 28.8 Å². The van der Waals surface area contributed by atoms with Crippen LogP contribution in [0.5, 0.6) is 0 Å². The number of hydrogen-bond acceptors (Lipinski definition) is 2. The zero-order chi connectivity index (χ0) is 15.6. The molecule has 2 amide bonds. The number of rotatable bonds is 5. The molecule has 1 aliphatic carbocycles. The van der Waals surface area contributed by atoms with Gasteiger partial charge in [-0.15, -0.1) is 0 Å². The first-order chi connectivity index (χ1) is 9.92. The van der Waals surface area contributed by atoms with Crippen molar-refractivity contribution in [1.29, 1.82) is 0 Å². The molecule has 3 atom stereocenters. The fourth-order valence-corrected chi connectivity index (χ4v) is 2.35. The lowest BCUT2D eigenvalue weighted by Gasteiger charge is -2.11. The van der Waals surface area contributed by atoms with E-state index in [0.29, 0.717) is 17.1 Å². The van der Waals surface area contributed by atoms with Gasteiger partial charge >= 0.3 is 0 Å². The van der Waals surface area contributed by atoms with Gasteiger partial charge in [-0.05, 0) is 44.4 Å². The van der Waals surface area contributed by atoms with Gasteiger partial charge in [-0.2, -0.15) is 0 Å². The van der Waals surface area contributed by atoms with Gasteiger partial charge in [0.25, 0.3) is 0 Å². The molecule has 3 unspecified atom stereocenters. The van der Waals surface area contributed by atoms with Crippen LogP contribution >= 0.6 is 11.6 Å². The molecular weight excluding hydrogens is 288 g/mol. The summed E-state index contributed by atoms with van der Waals surface area (Å²) in [6.07, 6.45) is 1.50. The Kier molecular flexibility index (Phi) is 4.88. The molecule has 114 valence electrons. The van der Waals surface area contributed by atoms with Crippen molar-refractivity contribution in [3.8, 4) is 0 Å². The van der Waals surface area contributed by atoms with E-state index in [1.165, 1.54) is 0 Å². The van der Waals surface area contributed by atoms with Crippen LogP contribution < -0.4 is 10.6 Å². The molecule has 5 heteroatoms. The third kappa shape index (κ3) is 3.97. The highest BCUT2D eigenvalue weighted by Crippen LogP contribution is 2.40. The quantitative estimate of drug-likeness (QED) is 0.878. The molecule has 1 saturated carbocycles. The predicted octanol–water partition coefficient (Wildman–Crippen LogP) is 3.14. The fraction of sp³-hybridized carbons (Fsp3) is 0.500. The van der Waals surface area contributed by atoms with E-state index in [0.717, 1.165) is 12.0 Å². The van der Waals surface area contributed by atoms with Gasteiger partial charge in [0.05, 0.1) is 11.8 Å². The van der Waals surface area contributed by atoms with Gasteiger partial charge in [-0.1, -0.05) is 24.6 Å². The predicted molar refractivity (Wildman–Crippen MR) is 84.3 cm³/mol. The largest absolute Gasteiger partial charge is 0.353 e. The monoisotopic (exact) mass is 308 g/mol. The molecule has 0 radical (unpaired) electrons. The second kappa shape index (κ2) is 6.48. The Morgan fingerprint density at radius 3 is 2.67 bits per heavy atom. The number of carbonyl (C=O) groups excluding carboxylic acids is 2. The van der Waals surface area contributed by atoms with Gasteiger partial charge in [0, 0.05) is 16.8 Å². The molecule has 2 rings (SSSR count). The maximum Gasteiger partial charge on any atom is 0.228 e. The number of carbonyl (C=O) groups is 2. The maximum absolute atomic E-state index is 12.2. The molecule has 1 aromatic rings. The van der Waals surface area contributed by atoms with Crippen molar-refractivity contribution in [2.45, 2.75) is 39.7 Å². The molecule has 0 aromatic heterocycles. The highest BCUT2D eigenvalue weighted by molar-refractivity contribution is 6.31. The highest BCUT2D eigenvalue weighted by atomic mass is 35.5. The SMILES string of the molecule is CCC(C)NC(=O)C1CC1C(=O)Nc1cc(Cl)ccc1C. The lowest BCUT2D eigenvalue weighted by Crippen LogP contribution is -2.34. The molecular formula is C16H21ClN2O2. The van der Waals surface area contributed by atoms with Crippen molar-refractivity contribution in [2.24, 2.45) is 11.8 Å². The van der Waals surface area contributed by atoms with Crippen LogP contribution in [-0.2, 0) is 9.59 Å². The average Bonchev–Trinajstić information content (AvgIpc) is 3.23. The number of halogens is 1. The van der Waals surface area contributed by atoms with Gasteiger partial charge in [0.2, 0.25) is 11.8 Å². The third-order valence-corrected chi connectivity index (χ3v) is 4.16. The van der Waals surface area contributed by atoms with Crippen LogP contribution in [0.2, 0.25) is 5.02 Å². The van der Waals surface area contributed by atoms with E-state index in [2.05, 4.69) is 10.6 Å². The average molecular weight is 309 g/mol. The summed E-state index contributed by atoms with van der Waals surface area (Å²) in [5.41, 5.74) is 1.66. The smallest absolute Gasteiger partial charge is 0.228 e. The highest BCUT2D eigenvalue weighted by Gasteiger charge is 2.48. The molecule has 0 spiro atoms. The summed E-state index contributed by atoms with van der Waals surface area (Å²) in [5, 5.41) is 6.36. The second-order valence-electron chi connectivity index (χ2n) is 5.72. The summed E-state index contributed by atoms with van der Waals surface area (Å²) in [5.74, 6) is -0.553. The first-order valence-electron chi connectivity index (χ1n) is 7.29. The summed E-state index contributed by atoms with van der Waals surface area (Å²) in [4.78, 5) is 24.1. The van der Waals surface area contributed by atoms with Gasteiger partial charge in [-0.3, -0.25) is 9.59 Å². The summed E-state index contributed by atoms with van der Waals surface area (Å²) in [7, 11) is 0. The zero-order valence-corrected chi connectivity index (χ0v) is 13.3. The number of nitrogens with one attached hydrogen (secondary N) is 2. The number of amides is 2. The second-order valence-corrected chi connectivity index (χ2v) is 6.15. The van der Waals surface area contributed by atoms with E-state index in [1.54, 1.807) is 12.1 Å². The van der Waals surface area contributed by atoms with Crippen LogP contribution in [0.4, 0.5) is 5.69 Å². The van der Waals surface area contributed by atoms with Crippen molar-refractivity contribution < 1.29 is 9.59 Å². The van der Waals surface area contributed by atoms with Crippen molar-refractivity contribution >= 4 is 29.1 Å². The summed E-state index contributed by atoms with van der Waals surface area (Å²) in [6.45, 7) is 5.89. The summed E-state index contributed by atoms with van der Waals surface area (Å²) >= 11 is 5.93.